The predicted octanol–water partition coefficient (Wildman–Crippen LogP) is -0.321. The van der Waals surface area contributed by atoms with Crippen LogP contribution >= 0.6 is 0 Å². The van der Waals surface area contributed by atoms with Crippen LogP contribution in [0, 0.1) is 0 Å². The van der Waals surface area contributed by atoms with Crippen LogP contribution in [0.5, 0.6) is 0 Å². The molecular weight excluding hydrogens is 234 g/mol. The maximum Gasteiger partial charge on any atom is 0.318 e. The topological polar surface area (TPSA) is 104 Å². The van der Waals surface area contributed by atoms with E-state index in [4.69, 9.17) is 5.73 Å². The first-order valence-electron chi connectivity index (χ1n) is 5.48. The number of amides is 3. The van der Waals surface area contributed by atoms with Gasteiger partial charge in [-0.1, -0.05) is 30.3 Å². The van der Waals surface area contributed by atoms with E-state index in [0.717, 1.165) is 5.56 Å². The number of rotatable bonds is 5. The average Bonchev–Trinajstić information content (AvgIpc) is 2.36. The van der Waals surface area contributed by atoms with Crippen molar-refractivity contribution in [1.82, 2.24) is 10.6 Å². The number of hydrogen-bond acceptors (Lipinski definition) is 4. The molecule has 0 fully saturated rings. The summed E-state index contributed by atoms with van der Waals surface area (Å²) < 4.78 is 0. The van der Waals surface area contributed by atoms with Gasteiger partial charge in [-0.15, -0.1) is 0 Å². The van der Waals surface area contributed by atoms with Crippen molar-refractivity contribution < 1.29 is 14.7 Å². The average molecular weight is 251 g/mol. The molecule has 1 atom stereocenters. The first-order valence-corrected chi connectivity index (χ1v) is 5.48. The zero-order valence-corrected chi connectivity index (χ0v) is 10.1. The van der Waals surface area contributed by atoms with Crippen LogP contribution in [0.4, 0.5) is 4.79 Å². The summed E-state index contributed by atoms with van der Waals surface area (Å²) in [5.74, 6) is -0.543. The highest BCUT2D eigenvalue weighted by Gasteiger charge is 2.25. The van der Waals surface area contributed by atoms with Gasteiger partial charge in [0.25, 0.3) is 0 Å². The van der Waals surface area contributed by atoms with Crippen molar-refractivity contribution in [2.24, 2.45) is 5.73 Å². The van der Waals surface area contributed by atoms with Crippen LogP contribution in [-0.2, 0) is 10.3 Å². The molecule has 1 unspecified atom stereocenters. The van der Waals surface area contributed by atoms with Gasteiger partial charge in [0.2, 0.25) is 5.91 Å². The summed E-state index contributed by atoms with van der Waals surface area (Å²) in [7, 11) is 0. The quantitative estimate of drug-likeness (QED) is 0.575. The Labute approximate surface area is 105 Å². The minimum Gasteiger partial charge on any atom is -0.394 e. The summed E-state index contributed by atoms with van der Waals surface area (Å²) in [5.41, 5.74) is 4.92. The molecule has 1 aromatic carbocycles. The summed E-state index contributed by atoms with van der Waals surface area (Å²) in [6, 6.07) is 8.33. The normalized spacial score (nSPS) is 13.7. The van der Waals surface area contributed by atoms with Gasteiger partial charge in [0.15, 0.2) is 0 Å². The molecule has 18 heavy (non-hydrogen) atoms. The van der Waals surface area contributed by atoms with Crippen molar-refractivity contribution in [3.8, 4) is 0 Å². The van der Waals surface area contributed by atoms with Crippen LogP contribution in [0.15, 0.2) is 30.3 Å². The maximum absolute atomic E-state index is 11.3. The molecule has 0 aromatic heterocycles. The van der Waals surface area contributed by atoms with E-state index in [0.29, 0.717) is 0 Å². The highest BCUT2D eigenvalue weighted by molar-refractivity contribution is 5.94. The van der Waals surface area contributed by atoms with Crippen molar-refractivity contribution in [3.63, 3.8) is 0 Å². The molecule has 0 bridgehead atoms. The van der Waals surface area contributed by atoms with Gasteiger partial charge in [0.05, 0.1) is 18.7 Å². The van der Waals surface area contributed by atoms with Gasteiger partial charge in [0, 0.05) is 0 Å². The van der Waals surface area contributed by atoms with Gasteiger partial charge in [-0.2, -0.15) is 0 Å². The molecule has 6 nitrogen and oxygen atoms in total. The fourth-order valence-electron chi connectivity index (χ4n) is 1.51. The number of hydrogen-bond donors (Lipinski definition) is 4. The number of primary amides is 1. The lowest BCUT2D eigenvalue weighted by Gasteiger charge is -2.29. The molecule has 3 amide bonds. The summed E-state index contributed by atoms with van der Waals surface area (Å²) in [4.78, 5) is 21.8. The summed E-state index contributed by atoms with van der Waals surface area (Å²) in [6.07, 6.45) is 0. The molecule has 0 aliphatic heterocycles. The van der Waals surface area contributed by atoms with Crippen LogP contribution in [0.1, 0.15) is 12.5 Å². The second kappa shape index (κ2) is 6.13. The lowest BCUT2D eigenvalue weighted by atomic mass is 9.93. The lowest BCUT2D eigenvalue weighted by Crippen LogP contribution is -2.49. The number of nitrogens with one attached hydrogen (secondary N) is 2. The van der Waals surface area contributed by atoms with Crippen molar-refractivity contribution in [3.05, 3.63) is 35.9 Å². The van der Waals surface area contributed by atoms with E-state index in [1.54, 1.807) is 6.92 Å². The van der Waals surface area contributed by atoms with Gasteiger partial charge in [-0.25, -0.2) is 4.79 Å². The highest BCUT2D eigenvalue weighted by Crippen LogP contribution is 2.19. The summed E-state index contributed by atoms with van der Waals surface area (Å²) in [6.45, 7) is 1.47. The Morgan fingerprint density at radius 2 is 1.94 bits per heavy atom. The third-order valence-corrected chi connectivity index (χ3v) is 2.63. The molecule has 0 aliphatic carbocycles. The Hall–Kier alpha value is -1.92. The molecule has 6 heteroatoms. The number of carbonyl (C=O) groups is 2. The Morgan fingerprint density at radius 3 is 2.44 bits per heavy atom. The molecule has 0 radical (unpaired) electrons. The maximum atomic E-state index is 11.3. The van der Waals surface area contributed by atoms with Crippen molar-refractivity contribution >= 4 is 11.9 Å². The van der Waals surface area contributed by atoms with Gasteiger partial charge in [0.1, 0.15) is 0 Å². The van der Waals surface area contributed by atoms with Crippen molar-refractivity contribution in [2.45, 2.75) is 12.5 Å². The van der Waals surface area contributed by atoms with Gasteiger partial charge >= 0.3 is 6.03 Å². The van der Waals surface area contributed by atoms with E-state index in [1.165, 1.54) is 0 Å². The van der Waals surface area contributed by atoms with Crippen LogP contribution < -0.4 is 16.4 Å². The van der Waals surface area contributed by atoms with E-state index in [2.05, 4.69) is 5.32 Å². The second-order valence-electron chi connectivity index (χ2n) is 4.12. The molecule has 98 valence electrons. The number of benzene rings is 1. The minimum atomic E-state index is -0.896. The van der Waals surface area contributed by atoms with E-state index in [1.807, 2.05) is 35.6 Å². The van der Waals surface area contributed by atoms with Crippen LogP contribution in [0.2, 0.25) is 0 Å². The van der Waals surface area contributed by atoms with Gasteiger partial charge in [-0.05, 0) is 12.5 Å². The number of aliphatic hydroxyl groups excluding tert-OH is 1. The Morgan fingerprint density at radius 1 is 1.33 bits per heavy atom. The smallest absolute Gasteiger partial charge is 0.318 e. The van der Waals surface area contributed by atoms with Crippen LogP contribution in [-0.4, -0.2) is 30.2 Å². The summed E-state index contributed by atoms with van der Waals surface area (Å²) >= 11 is 0. The van der Waals surface area contributed by atoms with Crippen molar-refractivity contribution in [1.29, 1.82) is 0 Å². The standard InChI is InChI=1S/C12H17N3O3/c1-12(8-16,9-5-3-2-4-6-9)14-7-10(17)15-11(13)18/h2-6,14,16H,7-8H2,1H3,(H3,13,15,17,18). The molecule has 0 spiro atoms. The molecule has 5 N–H and O–H groups in total. The summed E-state index contributed by atoms with van der Waals surface area (Å²) in [5, 5.41) is 14.3. The Balaban J connectivity index is 2.67. The predicted molar refractivity (Wildman–Crippen MR) is 66.6 cm³/mol. The number of carbonyl (C=O) groups excluding carboxylic acids is 2. The molecule has 0 heterocycles. The third kappa shape index (κ3) is 3.83. The zero-order chi connectivity index (χ0) is 13.6. The molecular formula is C12H17N3O3. The van der Waals surface area contributed by atoms with Gasteiger partial charge < -0.3 is 10.8 Å². The van der Waals surface area contributed by atoms with Crippen molar-refractivity contribution in [2.75, 3.05) is 13.2 Å². The Kier molecular flexibility index (Phi) is 4.82. The number of urea groups is 1. The van der Waals surface area contributed by atoms with E-state index in [9.17, 15) is 14.7 Å². The third-order valence-electron chi connectivity index (χ3n) is 2.63. The van der Waals surface area contributed by atoms with Crippen LogP contribution in [0.3, 0.4) is 0 Å². The fourth-order valence-corrected chi connectivity index (χ4v) is 1.51. The molecule has 0 aliphatic rings. The second-order valence-corrected chi connectivity index (χ2v) is 4.12. The van der Waals surface area contributed by atoms with Crippen LogP contribution in [0.25, 0.3) is 0 Å². The largest absolute Gasteiger partial charge is 0.394 e. The van der Waals surface area contributed by atoms with E-state index >= 15 is 0 Å². The first-order chi connectivity index (χ1) is 8.48. The minimum absolute atomic E-state index is 0.116. The van der Waals surface area contributed by atoms with E-state index in [-0.39, 0.29) is 13.2 Å². The molecule has 1 aromatic rings. The SMILES string of the molecule is CC(CO)(NCC(=O)NC(N)=O)c1ccccc1. The molecule has 1 rings (SSSR count). The molecule has 0 saturated heterocycles. The lowest BCUT2D eigenvalue weighted by molar-refractivity contribution is -0.119. The monoisotopic (exact) mass is 251 g/mol. The van der Waals surface area contributed by atoms with E-state index < -0.39 is 17.5 Å². The number of aliphatic hydroxyl groups is 1. The fraction of sp³-hybridized carbons (Fsp3) is 0.333. The molecule has 0 saturated carbocycles. The van der Waals surface area contributed by atoms with Gasteiger partial charge in [-0.3, -0.25) is 15.4 Å². The number of imide groups is 1. The zero-order valence-electron chi connectivity index (χ0n) is 10.1. The highest BCUT2D eigenvalue weighted by atomic mass is 16.3. The first kappa shape index (κ1) is 14.1. The Bertz CT molecular complexity index is 422. The number of nitrogens with two attached hydrogens (primary N) is 1.